The first-order valence-corrected chi connectivity index (χ1v) is 14.8. The van der Waals surface area contributed by atoms with Gasteiger partial charge in [-0.3, -0.25) is 4.79 Å². The molecule has 0 fully saturated rings. The van der Waals surface area contributed by atoms with Crippen LogP contribution in [0.1, 0.15) is 45.7 Å². The minimum Gasteiger partial charge on any atom is -0.394 e. The monoisotopic (exact) mass is 624 g/mol. The van der Waals surface area contributed by atoms with Gasteiger partial charge >= 0.3 is 6.18 Å². The van der Waals surface area contributed by atoms with Gasteiger partial charge in [0.2, 0.25) is 0 Å². The number of alkyl halides is 3. The minimum absolute atomic E-state index is 0.0787. The van der Waals surface area contributed by atoms with E-state index >= 15 is 4.39 Å². The van der Waals surface area contributed by atoms with E-state index in [1.54, 1.807) is 4.57 Å². The fraction of sp³-hybridized carbons (Fsp3) is 0.300. The summed E-state index contributed by atoms with van der Waals surface area (Å²) in [7, 11) is -2.03. The molecular formula is C30H29F5N2O5S. The van der Waals surface area contributed by atoms with Gasteiger partial charge in [-0.25, -0.2) is 17.2 Å². The summed E-state index contributed by atoms with van der Waals surface area (Å²) in [5.74, 6) is -2.91. The molecule has 0 radical (unpaired) electrons. The van der Waals surface area contributed by atoms with Crippen LogP contribution in [0.2, 0.25) is 0 Å². The number of ether oxygens (including phenoxy) is 1. The molecule has 0 bridgehead atoms. The lowest BCUT2D eigenvalue weighted by Crippen LogP contribution is -2.31. The molecule has 0 aliphatic heterocycles. The van der Waals surface area contributed by atoms with E-state index in [0.717, 1.165) is 18.2 Å². The summed E-state index contributed by atoms with van der Waals surface area (Å²) in [5, 5.41) is 12.8. The third-order valence-electron chi connectivity index (χ3n) is 7.10. The molecule has 1 amide bonds. The van der Waals surface area contributed by atoms with Gasteiger partial charge in [0.15, 0.2) is 9.84 Å². The summed E-state index contributed by atoms with van der Waals surface area (Å²) in [6.07, 6.45) is -5.06. The van der Waals surface area contributed by atoms with Gasteiger partial charge in [-0.05, 0) is 53.6 Å². The fourth-order valence-corrected chi connectivity index (χ4v) is 5.70. The standard InChI is InChI=1S/C30H29F5N2O5S/c1-3-43(40,41)23-8-5-18(6-9-23)27(17-38)36-29(39)24-14-20-13-22(37(10-11-42-2)28(20)16-26(24)32)12-19-4-7-21(31)15-25(19)30(33,34)35/h4-9,13-16,27,38H,3,10-12,17H2,1-2H3,(H,36,39)/t27-/m0/s1. The Hall–Kier alpha value is -3.81. The van der Waals surface area contributed by atoms with Crippen molar-refractivity contribution in [2.24, 2.45) is 0 Å². The number of nitrogens with zero attached hydrogens (tertiary/aromatic N) is 1. The number of hydrogen-bond acceptors (Lipinski definition) is 5. The van der Waals surface area contributed by atoms with Crippen LogP contribution in [0.4, 0.5) is 22.0 Å². The first-order chi connectivity index (χ1) is 20.3. The predicted molar refractivity (Wildman–Crippen MR) is 149 cm³/mol. The van der Waals surface area contributed by atoms with Crippen molar-refractivity contribution in [1.82, 2.24) is 9.88 Å². The maximum absolute atomic E-state index is 15.3. The van der Waals surface area contributed by atoms with Crippen LogP contribution in [0.3, 0.4) is 0 Å². The number of aliphatic hydroxyl groups excluding tert-OH is 1. The van der Waals surface area contributed by atoms with Crippen LogP contribution in [0, 0.1) is 11.6 Å². The van der Waals surface area contributed by atoms with Crippen LogP contribution in [-0.2, 0) is 33.7 Å². The maximum atomic E-state index is 15.3. The highest BCUT2D eigenvalue weighted by Crippen LogP contribution is 2.35. The number of nitrogens with one attached hydrogen (secondary N) is 1. The molecule has 0 unspecified atom stereocenters. The molecular weight excluding hydrogens is 595 g/mol. The Bertz CT molecular complexity index is 1730. The number of amides is 1. The van der Waals surface area contributed by atoms with Gasteiger partial charge in [-0.2, -0.15) is 13.2 Å². The number of halogens is 5. The van der Waals surface area contributed by atoms with Gasteiger partial charge in [0.05, 0.1) is 46.5 Å². The Morgan fingerprint density at radius 1 is 1.05 bits per heavy atom. The molecule has 230 valence electrons. The lowest BCUT2D eigenvalue weighted by molar-refractivity contribution is -0.138. The van der Waals surface area contributed by atoms with Crippen LogP contribution < -0.4 is 5.32 Å². The predicted octanol–water partition coefficient (Wildman–Crippen LogP) is 5.43. The van der Waals surface area contributed by atoms with Crippen molar-refractivity contribution in [3.63, 3.8) is 0 Å². The lowest BCUT2D eigenvalue weighted by atomic mass is 10.0. The quantitative estimate of drug-likeness (QED) is 0.217. The van der Waals surface area contributed by atoms with Crippen LogP contribution in [0.5, 0.6) is 0 Å². The number of carbonyl (C=O) groups excluding carboxylic acids is 1. The summed E-state index contributed by atoms with van der Waals surface area (Å²) in [5.41, 5.74) is -0.626. The Morgan fingerprint density at radius 3 is 2.35 bits per heavy atom. The van der Waals surface area contributed by atoms with E-state index in [1.165, 1.54) is 50.4 Å². The second kappa shape index (κ2) is 12.8. The smallest absolute Gasteiger partial charge is 0.394 e. The number of hydrogen-bond donors (Lipinski definition) is 2. The van der Waals surface area contributed by atoms with Gasteiger partial charge in [0.25, 0.3) is 5.91 Å². The molecule has 4 rings (SSSR count). The third-order valence-corrected chi connectivity index (χ3v) is 8.85. The molecule has 0 spiro atoms. The highest BCUT2D eigenvalue weighted by Gasteiger charge is 2.34. The fourth-order valence-electron chi connectivity index (χ4n) is 4.81. The number of aromatic nitrogens is 1. The van der Waals surface area contributed by atoms with Crippen molar-refractivity contribution < 1.29 is 45.0 Å². The van der Waals surface area contributed by atoms with E-state index < -0.39 is 51.8 Å². The number of carbonyl (C=O) groups is 1. The zero-order valence-electron chi connectivity index (χ0n) is 23.2. The van der Waals surface area contributed by atoms with E-state index in [9.17, 15) is 35.9 Å². The van der Waals surface area contributed by atoms with Crippen molar-refractivity contribution in [1.29, 1.82) is 0 Å². The van der Waals surface area contributed by atoms with Crippen molar-refractivity contribution >= 4 is 26.6 Å². The van der Waals surface area contributed by atoms with E-state index in [4.69, 9.17) is 4.74 Å². The van der Waals surface area contributed by atoms with Gasteiger partial charge in [-0.15, -0.1) is 0 Å². The number of sulfone groups is 1. The second-order valence-corrected chi connectivity index (χ2v) is 12.1. The SMILES string of the molecule is CCS(=O)(=O)c1ccc([C@H](CO)NC(=O)c2cc3cc(Cc4ccc(F)cc4C(F)(F)F)n(CCOC)c3cc2F)cc1. The topological polar surface area (TPSA) is 97.6 Å². The Labute approximate surface area is 244 Å². The summed E-state index contributed by atoms with van der Waals surface area (Å²) in [6.45, 7) is 1.26. The molecule has 7 nitrogen and oxygen atoms in total. The summed E-state index contributed by atoms with van der Waals surface area (Å²) in [4.78, 5) is 13.2. The average molecular weight is 625 g/mol. The van der Waals surface area contributed by atoms with E-state index in [1.807, 2.05) is 0 Å². The van der Waals surface area contributed by atoms with Crippen molar-refractivity contribution in [3.8, 4) is 0 Å². The molecule has 2 N–H and O–H groups in total. The molecule has 43 heavy (non-hydrogen) atoms. The molecule has 3 aromatic carbocycles. The zero-order chi connectivity index (χ0) is 31.5. The van der Waals surface area contributed by atoms with Gasteiger partial charge in [-0.1, -0.05) is 25.1 Å². The van der Waals surface area contributed by atoms with E-state index in [2.05, 4.69) is 5.32 Å². The second-order valence-electron chi connectivity index (χ2n) is 9.83. The molecule has 1 heterocycles. The maximum Gasteiger partial charge on any atom is 0.416 e. The first kappa shape index (κ1) is 32.1. The normalized spacial score (nSPS) is 12.9. The number of rotatable bonds is 11. The van der Waals surface area contributed by atoms with E-state index in [0.29, 0.717) is 28.2 Å². The molecule has 1 aromatic heterocycles. The largest absolute Gasteiger partial charge is 0.416 e. The van der Waals surface area contributed by atoms with Crippen LogP contribution in [0.25, 0.3) is 10.9 Å². The van der Waals surface area contributed by atoms with Gasteiger partial charge in [0, 0.05) is 31.2 Å². The summed E-state index contributed by atoms with van der Waals surface area (Å²) < 4.78 is 101. The van der Waals surface area contributed by atoms with Crippen molar-refractivity contribution in [2.45, 2.75) is 37.0 Å². The molecule has 0 aliphatic carbocycles. The number of methoxy groups -OCH3 is 1. The summed E-state index contributed by atoms with van der Waals surface area (Å²) >= 11 is 0. The molecule has 0 saturated carbocycles. The van der Waals surface area contributed by atoms with Crippen molar-refractivity contribution in [3.05, 3.63) is 100 Å². The third kappa shape index (κ3) is 7.06. The lowest BCUT2D eigenvalue weighted by Gasteiger charge is -2.18. The molecule has 1 atom stereocenters. The van der Waals surface area contributed by atoms with Crippen molar-refractivity contribution in [2.75, 3.05) is 26.1 Å². The Kier molecular flexibility index (Phi) is 9.57. The zero-order valence-corrected chi connectivity index (χ0v) is 24.0. The Balaban J connectivity index is 1.68. The molecule has 0 aliphatic rings. The average Bonchev–Trinajstić information content (AvgIpc) is 3.29. The summed E-state index contributed by atoms with van der Waals surface area (Å²) in [6, 6.07) is 10.9. The van der Waals surface area contributed by atoms with Gasteiger partial charge < -0.3 is 19.7 Å². The molecule has 4 aromatic rings. The van der Waals surface area contributed by atoms with Crippen LogP contribution in [0.15, 0.2) is 65.6 Å². The first-order valence-electron chi connectivity index (χ1n) is 13.2. The van der Waals surface area contributed by atoms with Crippen LogP contribution in [-0.4, -0.2) is 50.1 Å². The van der Waals surface area contributed by atoms with E-state index in [-0.39, 0.29) is 41.3 Å². The highest BCUT2D eigenvalue weighted by atomic mass is 32.2. The molecule has 13 heteroatoms. The minimum atomic E-state index is -4.80. The van der Waals surface area contributed by atoms with Crippen LogP contribution >= 0.6 is 0 Å². The Morgan fingerprint density at radius 2 is 1.74 bits per heavy atom. The number of fused-ring (bicyclic) bond motifs is 1. The highest BCUT2D eigenvalue weighted by molar-refractivity contribution is 7.91. The number of aliphatic hydroxyl groups is 1. The van der Waals surface area contributed by atoms with Gasteiger partial charge in [0.1, 0.15) is 11.6 Å². The molecule has 0 saturated heterocycles. The number of benzene rings is 3.